The summed E-state index contributed by atoms with van der Waals surface area (Å²) in [6.45, 7) is 8.92. The maximum Gasteiger partial charge on any atom is 0.0713 e. The van der Waals surface area contributed by atoms with Crippen LogP contribution in [0.3, 0.4) is 0 Å². The highest BCUT2D eigenvalue weighted by atomic mass is 16.5. The van der Waals surface area contributed by atoms with E-state index in [1.54, 1.807) is 7.11 Å². The zero-order valence-corrected chi connectivity index (χ0v) is 12.3. The molecular formula is C16H25N3O. The Hall–Kier alpha value is -0.940. The summed E-state index contributed by atoms with van der Waals surface area (Å²) in [5, 5.41) is 3.36. The van der Waals surface area contributed by atoms with E-state index in [-0.39, 0.29) is 0 Å². The zero-order chi connectivity index (χ0) is 13.8. The average Bonchev–Trinajstić information content (AvgIpc) is 2.40. The standard InChI is InChI=1S/C16H25N3O/c1-20-13-15-4-2-3-14(9-15)12-18-5-7-19(8-6-18)16-10-17-11-16/h2-4,9,16-17H,5-8,10-13H2,1H3. The Kier molecular flexibility index (Phi) is 4.68. The van der Waals surface area contributed by atoms with Crippen molar-refractivity contribution in [3.63, 3.8) is 0 Å². The molecule has 0 aromatic heterocycles. The van der Waals surface area contributed by atoms with Crippen LogP contribution in [-0.4, -0.2) is 62.2 Å². The van der Waals surface area contributed by atoms with Crippen LogP contribution in [0.4, 0.5) is 0 Å². The maximum absolute atomic E-state index is 5.21. The van der Waals surface area contributed by atoms with Crippen LogP contribution in [0.2, 0.25) is 0 Å². The van der Waals surface area contributed by atoms with Crippen molar-refractivity contribution in [3.8, 4) is 0 Å². The van der Waals surface area contributed by atoms with Gasteiger partial charge in [0.05, 0.1) is 6.61 Å². The van der Waals surface area contributed by atoms with Crippen LogP contribution < -0.4 is 5.32 Å². The van der Waals surface area contributed by atoms with E-state index in [2.05, 4.69) is 39.4 Å². The minimum atomic E-state index is 0.705. The van der Waals surface area contributed by atoms with Gasteiger partial charge in [0.15, 0.2) is 0 Å². The van der Waals surface area contributed by atoms with Gasteiger partial charge in [-0.05, 0) is 11.1 Å². The highest BCUT2D eigenvalue weighted by Gasteiger charge is 2.27. The lowest BCUT2D eigenvalue weighted by Crippen LogP contribution is -2.61. The summed E-state index contributed by atoms with van der Waals surface area (Å²) in [6.07, 6.45) is 0. The molecule has 2 heterocycles. The van der Waals surface area contributed by atoms with Crippen molar-refractivity contribution in [2.24, 2.45) is 0 Å². The second kappa shape index (κ2) is 6.68. The van der Waals surface area contributed by atoms with E-state index in [9.17, 15) is 0 Å². The molecule has 0 radical (unpaired) electrons. The topological polar surface area (TPSA) is 27.7 Å². The lowest BCUT2D eigenvalue weighted by molar-refractivity contribution is 0.0695. The van der Waals surface area contributed by atoms with Crippen LogP contribution >= 0.6 is 0 Å². The highest BCUT2D eigenvalue weighted by Crippen LogP contribution is 2.13. The third-order valence-corrected chi connectivity index (χ3v) is 4.39. The predicted octanol–water partition coefficient (Wildman–Crippen LogP) is 0.922. The fourth-order valence-electron chi connectivity index (χ4n) is 3.06. The van der Waals surface area contributed by atoms with Gasteiger partial charge < -0.3 is 10.1 Å². The summed E-state index contributed by atoms with van der Waals surface area (Å²) in [4.78, 5) is 5.20. The van der Waals surface area contributed by atoms with Crippen LogP contribution in [0.5, 0.6) is 0 Å². The summed E-state index contributed by atoms with van der Waals surface area (Å²) in [7, 11) is 1.75. The fraction of sp³-hybridized carbons (Fsp3) is 0.625. The second-order valence-corrected chi connectivity index (χ2v) is 5.88. The van der Waals surface area contributed by atoms with Gasteiger partial charge in [-0.2, -0.15) is 0 Å². The van der Waals surface area contributed by atoms with Gasteiger partial charge in [-0.15, -0.1) is 0 Å². The molecule has 1 aromatic carbocycles. The van der Waals surface area contributed by atoms with Crippen LogP contribution in [0, 0.1) is 0 Å². The normalized spacial score (nSPS) is 21.9. The Morgan fingerprint density at radius 1 is 1.15 bits per heavy atom. The molecule has 0 unspecified atom stereocenters. The minimum absolute atomic E-state index is 0.705. The zero-order valence-electron chi connectivity index (χ0n) is 12.3. The molecule has 2 fully saturated rings. The van der Waals surface area contributed by atoms with Crippen molar-refractivity contribution in [2.75, 3.05) is 46.4 Å². The van der Waals surface area contributed by atoms with Gasteiger partial charge >= 0.3 is 0 Å². The van der Waals surface area contributed by atoms with E-state index in [0.717, 1.165) is 12.6 Å². The maximum atomic E-state index is 5.21. The van der Waals surface area contributed by atoms with Gasteiger partial charge in [0.1, 0.15) is 0 Å². The number of ether oxygens (including phenoxy) is 1. The van der Waals surface area contributed by atoms with E-state index in [1.807, 2.05) is 0 Å². The predicted molar refractivity (Wildman–Crippen MR) is 80.7 cm³/mol. The molecule has 0 bridgehead atoms. The molecule has 3 rings (SSSR count). The third kappa shape index (κ3) is 3.38. The molecule has 4 nitrogen and oxygen atoms in total. The van der Waals surface area contributed by atoms with Crippen molar-refractivity contribution >= 4 is 0 Å². The Bertz CT molecular complexity index is 425. The molecule has 110 valence electrons. The van der Waals surface area contributed by atoms with Gasteiger partial charge in [0, 0.05) is 59.0 Å². The summed E-state index contributed by atoms with van der Waals surface area (Å²) < 4.78 is 5.21. The smallest absolute Gasteiger partial charge is 0.0713 e. The molecule has 0 amide bonds. The average molecular weight is 275 g/mol. The van der Waals surface area contributed by atoms with Crippen LogP contribution in [0.15, 0.2) is 24.3 Å². The van der Waals surface area contributed by atoms with Crippen LogP contribution in [0.25, 0.3) is 0 Å². The van der Waals surface area contributed by atoms with Gasteiger partial charge in [-0.25, -0.2) is 0 Å². The largest absolute Gasteiger partial charge is 0.380 e. The van der Waals surface area contributed by atoms with Gasteiger partial charge in [0.2, 0.25) is 0 Å². The summed E-state index contributed by atoms with van der Waals surface area (Å²) in [5.41, 5.74) is 2.67. The first-order valence-electron chi connectivity index (χ1n) is 7.59. The molecule has 0 aliphatic carbocycles. The number of nitrogens with one attached hydrogen (secondary N) is 1. The van der Waals surface area contributed by atoms with E-state index in [1.165, 1.54) is 50.4 Å². The quantitative estimate of drug-likeness (QED) is 0.865. The molecule has 0 spiro atoms. The number of methoxy groups -OCH3 is 1. The molecule has 1 N–H and O–H groups in total. The first-order chi connectivity index (χ1) is 9.85. The second-order valence-electron chi connectivity index (χ2n) is 5.88. The highest BCUT2D eigenvalue weighted by molar-refractivity contribution is 5.23. The lowest BCUT2D eigenvalue weighted by Gasteiger charge is -2.43. The molecule has 2 aliphatic rings. The Balaban J connectivity index is 1.50. The van der Waals surface area contributed by atoms with Gasteiger partial charge in [0.25, 0.3) is 0 Å². The first kappa shape index (κ1) is 14.0. The van der Waals surface area contributed by atoms with Crippen molar-refractivity contribution in [2.45, 2.75) is 19.2 Å². The van der Waals surface area contributed by atoms with Crippen molar-refractivity contribution in [1.82, 2.24) is 15.1 Å². The Morgan fingerprint density at radius 2 is 1.90 bits per heavy atom. The molecule has 0 saturated carbocycles. The van der Waals surface area contributed by atoms with E-state index >= 15 is 0 Å². The van der Waals surface area contributed by atoms with Crippen molar-refractivity contribution in [3.05, 3.63) is 35.4 Å². The summed E-state index contributed by atoms with van der Waals surface area (Å²) in [6, 6.07) is 9.56. The first-order valence-corrected chi connectivity index (χ1v) is 7.59. The third-order valence-electron chi connectivity index (χ3n) is 4.39. The van der Waals surface area contributed by atoms with Crippen molar-refractivity contribution in [1.29, 1.82) is 0 Å². The molecule has 0 atom stereocenters. The number of piperazine rings is 1. The number of benzene rings is 1. The SMILES string of the molecule is COCc1cccc(CN2CCN(C3CNC3)CC2)c1. The molecule has 2 aliphatic heterocycles. The molecule has 1 aromatic rings. The molecule has 4 heteroatoms. The fourth-order valence-corrected chi connectivity index (χ4v) is 3.06. The minimum Gasteiger partial charge on any atom is -0.380 e. The van der Waals surface area contributed by atoms with E-state index in [0.29, 0.717) is 6.61 Å². The Labute approximate surface area is 121 Å². The lowest BCUT2D eigenvalue weighted by atomic mass is 10.1. The molecule has 20 heavy (non-hydrogen) atoms. The van der Waals surface area contributed by atoms with Gasteiger partial charge in [-0.3, -0.25) is 9.80 Å². The summed E-state index contributed by atoms with van der Waals surface area (Å²) in [5.74, 6) is 0. The van der Waals surface area contributed by atoms with Crippen LogP contribution in [0.1, 0.15) is 11.1 Å². The van der Waals surface area contributed by atoms with Crippen LogP contribution in [-0.2, 0) is 17.9 Å². The Morgan fingerprint density at radius 3 is 2.55 bits per heavy atom. The van der Waals surface area contributed by atoms with Gasteiger partial charge in [-0.1, -0.05) is 24.3 Å². The molecule has 2 saturated heterocycles. The van der Waals surface area contributed by atoms with E-state index < -0.39 is 0 Å². The monoisotopic (exact) mass is 275 g/mol. The van der Waals surface area contributed by atoms with E-state index in [4.69, 9.17) is 4.74 Å². The van der Waals surface area contributed by atoms with Crippen molar-refractivity contribution < 1.29 is 4.74 Å². The molecular weight excluding hydrogens is 250 g/mol. The number of rotatable bonds is 5. The number of hydrogen-bond acceptors (Lipinski definition) is 4. The summed E-state index contributed by atoms with van der Waals surface area (Å²) >= 11 is 0. The number of nitrogens with zero attached hydrogens (tertiary/aromatic N) is 2. The number of hydrogen-bond donors (Lipinski definition) is 1.